The maximum Gasteiger partial charge on any atom is 0.418 e. The molecule has 0 unspecified atom stereocenters. The molecule has 2 heterocycles. The zero-order chi connectivity index (χ0) is 16.6. The summed E-state index contributed by atoms with van der Waals surface area (Å²) in [5.74, 6) is -0.103. The van der Waals surface area contributed by atoms with Gasteiger partial charge >= 0.3 is 6.18 Å². The molecule has 0 fully saturated rings. The molecule has 0 radical (unpaired) electrons. The van der Waals surface area contributed by atoms with Crippen LogP contribution < -0.4 is 5.32 Å². The molecule has 0 aliphatic heterocycles. The minimum absolute atomic E-state index is 0.0834. The van der Waals surface area contributed by atoms with Gasteiger partial charge in [0.25, 0.3) is 5.91 Å². The van der Waals surface area contributed by atoms with Gasteiger partial charge in [0.05, 0.1) is 16.8 Å². The molecule has 1 amide bonds. The third kappa shape index (κ3) is 2.77. The molecule has 4 nitrogen and oxygen atoms in total. The average molecular weight is 319 g/mol. The van der Waals surface area contributed by atoms with Crippen molar-refractivity contribution in [2.75, 3.05) is 5.32 Å². The van der Waals surface area contributed by atoms with Gasteiger partial charge in [0.2, 0.25) is 0 Å². The summed E-state index contributed by atoms with van der Waals surface area (Å²) in [5.41, 5.74) is -0.569. The van der Waals surface area contributed by atoms with Gasteiger partial charge in [-0.15, -0.1) is 0 Å². The first-order chi connectivity index (χ1) is 10.9. The molecular weight excluding hydrogens is 307 g/mol. The lowest BCUT2D eigenvalue weighted by Gasteiger charge is -2.12. The first-order valence-corrected chi connectivity index (χ1v) is 6.79. The number of carbonyl (C=O) groups excluding carboxylic acids is 1. The molecule has 0 aliphatic rings. The molecule has 1 N–H and O–H groups in total. The molecule has 3 aromatic rings. The molecule has 0 atom stereocenters. The summed E-state index contributed by atoms with van der Waals surface area (Å²) in [4.78, 5) is 16.5. The van der Waals surface area contributed by atoms with Crippen molar-refractivity contribution in [3.05, 3.63) is 65.7 Å². The maximum absolute atomic E-state index is 13.0. The Bertz CT molecular complexity index is 884. The SMILES string of the molecule is Cc1nc(C(=O)Nc2ccccc2C(F)(F)F)c2ccccn12. The molecule has 118 valence electrons. The molecule has 0 bridgehead atoms. The number of pyridine rings is 1. The van der Waals surface area contributed by atoms with E-state index in [4.69, 9.17) is 0 Å². The van der Waals surface area contributed by atoms with E-state index in [1.807, 2.05) is 0 Å². The van der Waals surface area contributed by atoms with E-state index in [1.165, 1.54) is 18.2 Å². The van der Waals surface area contributed by atoms with Crippen LogP contribution in [-0.2, 0) is 6.18 Å². The Balaban J connectivity index is 2.00. The van der Waals surface area contributed by atoms with E-state index >= 15 is 0 Å². The number of para-hydroxylation sites is 1. The molecule has 0 saturated heterocycles. The number of nitrogens with one attached hydrogen (secondary N) is 1. The first-order valence-electron chi connectivity index (χ1n) is 6.79. The van der Waals surface area contributed by atoms with Crippen LogP contribution in [0, 0.1) is 6.92 Å². The van der Waals surface area contributed by atoms with Gasteiger partial charge in [-0.3, -0.25) is 4.79 Å². The highest BCUT2D eigenvalue weighted by Gasteiger charge is 2.33. The number of fused-ring (bicyclic) bond motifs is 1. The van der Waals surface area contributed by atoms with Crippen LogP contribution in [0.3, 0.4) is 0 Å². The van der Waals surface area contributed by atoms with E-state index in [1.54, 1.807) is 35.7 Å². The van der Waals surface area contributed by atoms with Crippen molar-refractivity contribution in [2.24, 2.45) is 0 Å². The van der Waals surface area contributed by atoms with Crippen molar-refractivity contribution in [1.29, 1.82) is 0 Å². The third-order valence-electron chi connectivity index (χ3n) is 3.42. The Labute approximate surface area is 129 Å². The van der Waals surface area contributed by atoms with E-state index in [0.29, 0.717) is 11.3 Å². The van der Waals surface area contributed by atoms with Crippen LogP contribution in [0.4, 0.5) is 18.9 Å². The number of aryl methyl sites for hydroxylation is 1. The second-order valence-corrected chi connectivity index (χ2v) is 4.96. The minimum Gasteiger partial charge on any atom is -0.320 e. The molecular formula is C16H12F3N3O. The highest BCUT2D eigenvalue weighted by atomic mass is 19.4. The van der Waals surface area contributed by atoms with Gasteiger partial charge in [0, 0.05) is 6.20 Å². The van der Waals surface area contributed by atoms with Crippen LogP contribution in [0.2, 0.25) is 0 Å². The highest BCUT2D eigenvalue weighted by Crippen LogP contribution is 2.34. The predicted octanol–water partition coefficient (Wildman–Crippen LogP) is 3.91. The number of halogens is 3. The number of hydrogen-bond acceptors (Lipinski definition) is 2. The van der Waals surface area contributed by atoms with E-state index in [9.17, 15) is 18.0 Å². The number of carbonyl (C=O) groups is 1. The van der Waals surface area contributed by atoms with Crippen LogP contribution in [0.25, 0.3) is 5.52 Å². The van der Waals surface area contributed by atoms with Gasteiger partial charge < -0.3 is 9.72 Å². The van der Waals surface area contributed by atoms with E-state index < -0.39 is 17.6 Å². The number of alkyl halides is 3. The van der Waals surface area contributed by atoms with E-state index in [0.717, 1.165) is 6.07 Å². The minimum atomic E-state index is -4.55. The first kappa shape index (κ1) is 15.1. The fraction of sp³-hybridized carbons (Fsp3) is 0.125. The smallest absolute Gasteiger partial charge is 0.320 e. The zero-order valence-electron chi connectivity index (χ0n) is 12.1. The fourth-order valence-electron chi connectivity index (χ4n) is 2.38. The molecule has 3 rings (SSSR count). The Morgan fingerprint density at radius 1 is 1.13 bits per heavy atom. The lowest BCUT2D eigenvalue weighted by atomic mass is 10.1. The van der Waals surface area contributed by atoms with Gasteiger partial charge in [-0.05, 0) is 31.2 Å². The summed E-state index contributed by atoms with van der Waals surface area (Å²) in [6.45, 7) is 1.72. The number of amides is 1. The summed E-state index contributed by atoms with van der Waals surface area (Å²) >= 11 is 0. The average Bonchev–Trinajstić information content (AvgIpc) is 2.85. The number of benzene rings is 1. The Morgan fingerprint density at radius 2 is 1.83 bits per heavy atom. The molecule has 1 aromatic carbocycles. The zero-order valence-corrected chi connectivity index (χ0v) is 12.1. The number of imidazole rings is 1. The number of hydrogen-bond donors (Lipinski definition) is 1. The van der Waals surface area contributed by atoms with Crippen molar-refractivity contribution in [1.82, 2.24) is 9.38 Å². The fourth-order valence-corrected chi connectivity index (χ4v) is 2.38. The van der Waals surface area contributed by atoms with Crippen LogP contribution in [0.5, 0.6) is 0 Å². The van der Waals surface area contributed by atoms with E-state index in [-0.39, 0.29) is 11.4 Å². The topological polar surface area (TPSA) is 46.4 Å². The second kappa shape index (κ2) is 5.42. The predicted molar refractivity (Wildman–Crippen MR) is 79.3 cm³/mol. The number of rotatable bonds is 2. The normalized spacial score (nSPS) is 11.7. The lowest BCUT2D eigenvalue weighted by molar-refractivity contribution is -0.136. The van der Waals surface area contributed by atoms with Crippen molar-refractivity contribution in [2.45, 2.75) is 13.1 Å². The van der Waals surface area contributed by atoms with Crippen LogP contribution in [-0.4, -0.2) is 15.3 Å². The standard InChI is InChI=1S/C16H12F3N3O/c1-10-20-14(13-8-4-5-9-22(10)13)15(23)21-12-7-3-2-6-11(12)16(17,18)19/h2-9H,1H3,(H,21,23). The Kier molecular flexibility index (Phi) is 3.55. The Hall–Kier alpha value is -2.83. The quantitative estimate of drug-likeness (QED) is 0.778. The van der Waals surface area contributed by atoms with Crippen molar-refractivity contribution < 1.29 is 18.0 Å². The summed E-state index contributed by atoms with van der Waals surface area (Å²) in [5, 5.41) is 2.30. The van der Waals surface area contributed by atoms with Crippen LogP contribution in [0.1, 0.15) is 21.9 Å². The van der Waals surface area contributed by atoms with Crippen molar-refractivity contribution in [3.63, 3.8) is 0 Å². The van der Waals surface area contributed by atoms with E-state index in [2.05, 4.69) is 10.3 Å². The second-order valence-electron chi connectivity index (χ2n) is 4.96. The van der Waals surface area contributed by atoms with Crippen LogP contribution >= 0.6 is 0 Å². The molecule has 0 spiro atoms. The van der Waals surface area contributed by atoms with Gasteiger partial charge in [-0.1, -0.05) is 18.2 Å². The third-order valence-corrected chi connectivity index (χ3v) is 3.42. The molecule has 7 heteroatoms. The summed E-state index contributed by atoms with van der Waals surface area (Å²) in [6.07, 6.45) is -2.81. The number of anilines is 1. The van der Waals surface area contributed by atoms with Gasteiger partial charge in [-0.2, -0.15) is 13.2 Å². The summed E-state index contributed by atoms with van der Waals surface area (Å²) < 4.78 is 40.7. The molecule has 0 saturated carbocycles. The molecule has 2 aromatic heterocycles. The highest BCUT2D eigenvalue weighted by molar-refractivity contribution is 6.07. The van der Waals surface area contributed by atoms with Gasteiger partial charge in [0.1, 0.15) is 5.82 Å². The van der Waals surface area contributed by atoms with Crippen LogP contribution in [0.15, 0.2) is 48.7 Å². The number of nitrogens with zero attached hydrogens (tertiary/aromatic N) is 2. The monoisotopic (exact) mass is 319 g/mol. The van der Waals surface area contributed by atoms with Gasteiger partial charge in [-0.25, -0.2) is 4.98 Å². The lowest BCUT2D eigenvalue weighted by Crippen LogP contribution is -2.17. The largest absolute Gasteiger partial charge is 0.418 e. The summed E-state index contributed by atoms with van der Waals surface area (Å²) in [7, 11) is 0. The maximum atomic E-state index is 13.0. The van der Waals surface area contributed by atoms with Crippen molar-refractivity contribution in [3.8, 4) is 0 Å². The Morgan fingerprint density at radius 3 is 2.57 bits per heavy atom. The molecule has 23 heavy (non-hydrogen) atoms. The van der Waals surface area contributed by atoms with Crippen molar-refractivity contribution >= 4 is 17.1 Å². The summed E-state index contributed by atoms with van der Waals surface area (Å²) in [6, 6.07) is 10.0. The number of aromatic nitrogens is 2. The molecule has 0 aliphatic carbocycles. The van der Waals surface area contributed by atoms with Gasteiger partial charge in [0.15, 0.2) is 5.69 Å².